The molecule has 2 N–H and O–H groups in total. The van der Waals surface area contributed by atoms with Gasteiger partial charge in [-0.3, -0.25) is 0 Å². The molecule has 72 valence electrons. The van der Waals surface area contributed by atoms with E-state index in [1.165, 1.54) is 0 Å². The second kappa shape index (κ2) is 3.69. The average Bonchev–Trinajstić information content (AvgIpc) is 2.03. The summed E-state index contributed by atoms with van der Waals surface area (Å²) in [5.74, 6) is 0.558. The van der Waals surface area contributed by atoms with Gasteiger partial charge in [-0.25, -0.2) is 0 Å². The summed E-state index contributed by atoms with van der Waals surface area (Å²) in [7, 11) is 1.99. The molecule has 0 heterocycles. The number of rotatable bonds is 2. The lowest BCUT2D eigenvalue weighted by molar-refractivity contribution is 0.514. The monoisotopic (exact) mass is 178 g/mol. The lowest BCUT2D eigenvalue weighted by atomic mass is 9.98. The third kappa shape index (κ3) is 2.14. The Morgan fingerprint density at radius 1 is 1.69 bits per heavy atom. The van der Waals surface area contributed by atoms with Crippen molar-refractivity contribution in [2.75, 3.05) is 7.05 Å². The molecule has 13 heavy (non-hydrogen) atoms. The van der Waals surface area contributed by atoms with Crippen molar-refractivity contribution < 1.29 is 0 Å². The number of allylic oxidation sites excluding steroid dienone is 4. The Morgan fingerprint density at radius 2 is 2.31 bits per heavy atom. The first-order valence-corrected chi connectivity index (χ1v) is 4.58. The first-order chi connectivity index (χ1) is 6.02. The van der Waals surface area contributed by atoms with Crippen LogP contribution in [-0.2, 0) is 0 Å². The van der Waals surface area contributed by atoms with Gasteiger partial charge in [0.15, 0.2) is 0 Å². The van der Waals surface area contributed by atoms with E-state index < -0.39 is 0 Å². The fraction of sp³-hybridized carbons (Fsp3) is 0.455. The van der Waals surface area contributed by atoms with Gasteiger partial charge in [0, 0.05) is 18.4 Å². The average molecular weight is 178 g/mol. The molecule has 0 spiro atoms. The van der Waals surface area contributed by atoms with Crippen molar-refractivity contribution in [2.24, 2.45) is 11.7 Å². The molecule has 0 aromatic rings. The quantitative estimate of drug-likeness (QED) is 0.702. The van der Waals surface area contributed by atoms with E-state index in [2.05, 4.69) is 25.7 Å². The zero-order chi connectivity index (χ0) is 10.0. The van der Waals surface area contributed by atoms with E-state index in [1.54, 1.807) is 0 Å². The Kier molecular flexibility index (Phi) is 2.81. The summed E-state index contributed by atoms with van der Waals surface area (Å²) in [6.07, 6.45) is 5.22. The largest absolute Gasteiger partial charge is 0.400 e. The van der Waals surface area contributed by atoms with Crippen LogP contribution in [0.5, 0.6) is 0 Å². The van der Waals surface area contributed by atoms with Crippen LogP contribution in [-0.4, -0.2) is 11.9 Å². The molecule has 1 atom stereocenters. The summed E-state index contributed by atoms with van der Waals surface area (Å²) in [4.78, 5) is 2.03. The van der Waals surface area contributed by atoms with E-state index in [0.29, 0.717) is 5.92 Å². The number of nitrogens with two attached hydrogens (primary N) is 1. The summed E-state index contributed by atoms with van der Waals surface area (Å²) < 4.78 is 0. The minimum atomic E-state index is 0.558. The van der Waals surface area contributed by atoms with Gasteiger partial charge in [0.1, 0.15) is 0 Å². The highest BCUT2D eigenvalue weighted by molar-refractivity contribution is 5.29. The highest BCUT2D eigenvalue weighted by atomic mass is 15.1. The maximum Gasteiger partial charge on any atom is 0.0593 e. The van der Waals surface area contributed by atoms with Crippen LogP contribution in [0.2, 0.25) is 0 Å². The summed E-state index contributed by atoms with van der Waals surface area (Å²) in [5, 5.41) is 0. The topological polar surface area (TPSA) is 29.3 Å². The molecule has 0 saturated heterocycles. The molecule has 0 amide bonds. The van der Waals surface area contributed by atoms with Gasteiger partial charge in [0.25, 0.3) is 0 Å². The number of nitrogens with zero attached hydrogens (tertiary/aromatic N) is 1. The third-order valence-corrected chi connectivity index (χ3v) is 2.39. The van der Waals surface area contributed by atoms with Crippen molar-refractivity contribution in [3.8, 4) is 0 Å². The van der Waals surface area contributed by atoms with E-state index >= 15 is 0 Å². The first kappa shape index (κ1) is 9.90. The Morgan fingerprint density at radius 3 is 2.77 bits per heavy atom. The molecule has 1 aliphatic carbocycles. The van der Waals surface area contributed by atoms with Crippen LogP contribution < -0.4 is 5.73 Å². The van der Waals surface area contributed by atoms with E-state index in [1.807, 2.05) is 18.9 Å². The van der Waals surface area contributed by atoms with Crippen LogP contribution in [0.15, 0.2) is 35.8 Å². The van der Waals surface area contributed by atoms with Gasteiger partial charge in [0.05, 0.1) is 5.70 Å². The second-order valence-corrected chi connectivity index (χ2v) is 3.75. The van der Waals surface area contributed by atoms with E-state index in [4.69, 9.17) is 5.73 Å². The molecular formula is C11H18N2. The third-order valence-electron chi connectivity index (χ3n) is 2.39. The number of likely N-dealkylation sites (N-methyl/N-ethyl adjacent to an activating group) is 1. The van der Waals surface area contributed by atoms with Gasteiger partial charge >= 0.3 is 0 Å². The van der Waals surface area contributed by atoms with Crippen molar-refractivity contribution in [2.45, 2.75) is 20.3 Å². The summed E-state index contributed by atoms with van der Waals surface area (Å²) in [6.45, 7) is 8.03. The molecular weight excluding hydrogens is 160 g/mol. The van der Waals surface area contributed by atoms with Crippen LogP contribution >= 0.6 is 0 Å². The molecule has 0 fully saturated rings. The molecule has 0 radical (unpaired) electrons. The molecule has 0 aromatic heterocycles. The van der Waals surface area contributed by atoms with Crippen LogP contribution in [0.3, 0.4) is 0 Å². The number of hydrogen-bond donors (Lipinski definition) is 1. The Labute approximate surface area is 80.4 Å². The molecule has 0 saturated carbocycles. The summed E-state index contributed by atoms with van der Waals surface area (Å²) in [6, 6.07) is 0. The maximum atomic E-state index is 5.95. The molecule has 2 heteroatoms. The fourth-order valence-electron chi connectivity index (χ4n) is 1.41. The van der Waals surface area contributed by atoms with Gasteiger partial charge in [-0.05, 0) is 25.3 Å². The minimum absolute atomic E-state index is 0.558. The Hall–Kier alpha value is -1.18. The Bertz CT molecular complexity index is 274. The van der Waals surface area contributed by atoms with Gasteiger partial charge in [-0.2, -0.15) is 0 Å². The van der Waals surface area contributed by atoms with Crippen molar-refractivity contribution >= 4 is 0 Å². The van der Waals surface area contributed by atoms with E-state index in [-0.39, 0.29) is 0 Å². The zero-order valence-electron chi connectivity index (χ0n) is 8.67. The van der Waals surface area contributed by atoms with Gasteiger partial charge in [0.2, 0.25) is 0 Å². The van der Waals surface area contributed by atoms with Gasteiger partial charge < -0.3 is 10.6 Å². The van der Waals surface area contributed by atoms with Crippen molar-refractivity contribution in [3.05, 3.63) is 35.8 Å². The Balaban J connectivity index is 2.87. The molecule has 2 nitrogen and oxygen atoms in total. The minimum Gasteiger partial charge on any atom is -0.400 e. The van der Waals surface area contributed by atoms with Crippen LogP contribution in [0, 0.1) is 5.92 Å². The summed E-state index contributed by atoms with van der Waals surface area (Å²) >= 11 is 0. The standard InChI is InChI=1S/C11H18N2/c1-8(2)13(4)11-6-5-9(3)7-10(11)12/h5-6,9H,1,7,12H2,2-4H3. The highest BCUT2D eigenvalue weighted by Gasteiger charge is 2.13. The van der Waals surface area contributed by atoms with E-state index in [9.17, 15) is 0 Å². The smallest absolute Gasteiger partial charge is 0.0593 e. The van der Waals surface area contributed by atoms with E-state index in [0.717, 1.165) is 23.5 Å². The molecule has 1 rings (SSSR count). The predicted octanol–water partition coefficient (Wildman–Crippen LogP) is 2.22. The van der Waals surface area contributed by atoms with Crippen LogP contribution in [0.1, 0.15) is 20.3 Å². The second-order valence-electron chi connectivity index (χ2n) is 3.75. The lowest BCUT2D eigenvalue weighted by Gasteiger charge is -2.26. The number of hydrogen-bond acceptors (Lipinski definition) is 2. The SMILES string of the molecule is C=C(C)N(C)C1=C(N)CC(C)C=C1. The van der Waals surface area contributed by atoms with Crippen LogP contribution in [0.25, 0.3) is 0 Å². The molecule has 1 aliphatic rings. The predicted molar refractivity (Wildman–Crippen MR) is 56.7 cm³/mol. The zero-order valence-corrected chi connectivity index (χ0v) is 8.67. The first-order valence-electron chi connectivity index (χ1n) is 4.58. The lowest BCUT2D eigenvalue weighted by Crippen LogP contribution is -2.21. The highest BCUT2D eigenvalue weighted by Crippen LogP contribution is 2.23. The van der Waals surface area contributed by atoms with Crippen molar-refractivity contribution in [3.63, 3.8) is 0 Å². The van der Waals surface area contributed by atoms with Gasteiger partial charge in [-0.15, -0.1) is 0 Å². The molecule has 0 bridgehead atoms. The molecule has 0 aromatic carbocycles. The van der Waals surface area contributed by atoms with Crippen molar-refractivity contribution in [1.82, 2.24) is 4.90 Å². The normalized spacial score (nSPS) is 21.9. The molecule has 1 unspecified atom stereocenters. The maximum absolute atomic E-state index is 5.95. The van der Waals surface area contributed by atoms with Crippen molar-refractivity contribution in [1.29, 1.82) is 0 Å². The van der Waals surface area contributed by atoms with Gasteiger partial charge in [-0.1, -0.05) is 19.6 Å². The summed E-state index contributed by atoms with van der Waals surface area (Å²) in [5.41, 5.74) is 9.01. The molecule has 0 aliphatic heterocycles. The fourth-order valence-corrected chi connectivity index (χ4v) is 1.41. The van der Waals surface area contributed by atoms with Crippen LogP contribution in [0.4, 0.5) is 0 Å².